The molecule has 1 aromatic heterocycles. The van der Waals surface area contributed by atoms with E-state index >= 15 is 0 Å². The molecule has 4 fully saturated rings. The van der Waals surface area contributed by atoms with Crippen molar-refractivity contribution in [2.75, 3.05) is 13.7 Å². The third-order valence-corrected chi connectivity index (χ3v) is 7.61. The van der Waals surface area contributed by atoms with Gasteiger partial charge in [-0.2, -0.15) is 5.26 Å². The van der Waals surface area contributed by atoms with Gasteiger partial charge in [-0.15, -0.1) is 0 Å². The molecule has 9 nitrogen and oxygen atoms in total. The summed E-state index contributed by atoms with van der Waals surface area (Å²) in [5, 5.41) is 16.1. The second kappa shape index (κ2) is 9.01. The first-order valence-corrected chi connectivity index (χ1v) is 12.0. The van der Waals surface area contributed by atoms with Crippen LogP contribution in [0.5, 0.6) is 5.75 Å². The predicted molar refractivity (Wildman–Crippen MR) is 124 cm³/mol. The Bertz CT molecular complexity index is 1160. The molecule has 9 heteroatoms. The van der Waals surface area contributed by atoms with Gasteiger partial charge in [-0.3, -0.25) is 14.4 Å². The van der Waals surface area contributed by atoms with Crippen LogP contribution < -0.4 is 15.4 Å². The van der Waals surface area contributed by atoms with Crippen LogP contribution in [0, 0.1) is 23.2 Å². The summed E-state index contributed by atoms with van der Waals surface area (Å²) in [7, 11) is 1.59. The quantitative estimate of drug-likeness (QED) is 0.605. The van der Waals surface area contributed by atoms with Crippen molar-refractivity contribution in [3.63, 3.8) is 0 Å². The molecule has 3 atom stereocenters. The lowest BCUT2D eigenvalue weighted by molar-refractivity contribution is -0.133. The normalized spacial score (nSPS) is 26.7. The number of benzene rings is 1. The minimum atomic E-state index is -0.768. The zero-order valence-electron chi connectivity index (χ0n) is 19.2. The number of amides is 3. The van der Waals surface area contributed by atoms with Gasteiger partial charge in [-0.1, -0.05) is 6.07 Å². The molecule has 3 N–H and O–H groups in total. The number of hydrogen-bond donors (Lipinski definition) is 3. The number of piperidine rings is 2. The first-order valence-electron chi connectivity index (χ1n) is 12.0. The number of aromatic amines is 1. The number of nitriles is 1. The van der Waals surface area contributed by atoms with E-state index in [1.807, 2.05) is 18.2 Å². The predicted octanol–water partition coefficient (Wildman–Crippen LogP) is 2.09. The van der Waals surface area contributed by atoms with Gasteiger partial charge in [-0.25, -0.2) is 0 Å². The molecular weight excluding hydrogens is 434 g/mol. The number of nitrogens with zero attached hydrogens (tertiary/aromatic N) is 2. The molecule has 2 aromatic rings. The summed E-state index contributed by atoms with van der Waals surface area (Å²) in [5.41, 5.74) is 1.22. The summed E-state index contributed by atoms with van der Waals surface area (Å²) in [6, 6.07) is 8.10. The lowest BCUT2D eigenvalue weighted by Crippen LogP contribution is -2.63. The molecule has 4 heterocycles. The molecule has 6 rings (SSSR count). The molecule has 1 aliphatic carbocycles. The largest absolute Gasteiger partial charge is 0.496 e. The number of ether oxygens (including phenoxy) is 1. The Kier molecular flexibility index (Phi) is 5.90. The number of hydrogen-bond acceptors (Lipinski definition) is 5. The second-order valence-electron chi connectivity index (χ2n) is 9.53. The van der Waals surface area contributed by atoms with Gasteiger partial charge in [0.05, 0.1) is 13.2 Å². The number of carbonyl (C=O) groups is 3. The van der Waals surface area contributed by atoms with Crippen LogP contribution in [0.2, 0.25) is 0 Å². The van der Waals surface area contributed by atoms with Gasteiger partial charge >= 0.3 is 0 Å². The minimum absolute atomic E-state index is 0.0114. The third-order valence-electron chi connectivity index (χ3n) is 7.61. The average Bonchev–Trinajstić information content (AvgIpc) is 3.49. The molecule has 0 spiro atoms. The number of carbonyl (C=O) groups excluding carboxylic acids is 3. The highest BCUT2D eigenvalue weighted by molar-refractivity contribution is 6.02. The smallest absolute Gasteiger partial charge is 0.271 e. The van der Waals surface area contributed by atoms with Gasteiger partial charge in [-0.05, 0) is 62.6 Å². The summed E-state index contributed by atoms with van der Waals surface area (Å²) < 4.78 is 5.42. The van der Waals surface area contributed by atoms with E-state index in [1.54, 1.807) is 18.1 Å². The molecule has 0 unspecified atom stereocenters. The molecule has 2 bridgehead atoms. The molecule has 3 aliphatic heterocycles. The molecule has 1 saturated carbocycles. The zero-order valence-corrected chi connectivity index (χ0v) is 19.2. The van der Waals surface area contributed by atoms with Crippen LogP contribution in [-0.4, -0.2) is 59.4 Å². The topological polar surface area (TPSA) is 127 Å². The van der Waals surface area contributed by atoms with E-state index in [0.717, 1.165) is 36.6 Å². The van der Waals surface area contributed by atoms with E-state index in [2.05, 4.69) is 21.7 Å². The molecule has 0 radical (unpaired) electrons. The fraction of sp³-hybridized carbons (Fsp3) is 0.520. The van der Waals surface area contributed by atoms with Crippen LogP contribution in [0.3, 0.4) is 0 Å². The SMILES string of the molecule is COc1cccc2[nH]c(C(=O)N3C4CCC(CC4)[C@@H]3C(=O)N[C@H](C#N)C[C@H]3CCNC3=O)cc12. The van der Waals surface area contributed by atoms with Crippen molar-refractivity contribution in [2.45, 2.75) is 56.7 Å². The van der Waals surface area contributed by atoms with Crippen molar-refractivity contribution in [1.82, 2.24) is 20.5 Å². The van der Waals surface area contributed by atoms with Crippen molar-refractivity contribution >= 4 is 28.6 Å². The van der Waals surface area contributed by atoms with Crippen LogP contribution >= 0.6 is 0 Å². The van der Waals surface area contributed by atoms with Gasteiger partial charge < -0.3 is 25.3 Å². The summed E-state index contributed by atoms with van der Waals surface area (Å²) in [6.45, 7) is 0.597. The summed E-state index contributed by atoms with van der Waals surface area (Å²) in [5.74, 6) is -0.126. The Morgan fingerprint density at radius 3 is 2.74 bits per heavy atom. The number of rotatable bonds is 6. The van der Waals surface area contributed by atoms with E-state index in [1.165, 1.54) is 0 Å². The summed E-state index contributed by atoms with van der Waals surface area (Å²) >= 11 is 0. The lowest BCUT2D eigenvalue weighted by atomic mass is 9.74. The number of H-pyrrole nitrogens is 1. The fourth-order valence-electron chi connectivity index (χ4n) is 5.90. The monoisotopic (exact) mass is 463 g/mol. The van der Waals surface area contributed by atoms with Crippen LogP contribution in [0.25, 0.3) is 10.9 Å². The number of methoxy groups -OCH3 is 1. The average molecular weight is 464 g/mol. The highest BCUT2D eigenvalue weighted by Crippen LogP contribution is 2.41. The Morgan fingerprint density at radius 2 is 2.06 bits per heavy atom. The van der Waals surface area contributed by atoms with Crippen molar-refractivity contribution in [1.29, 1.82) is 5.26 Å². The fourth-order valence-corrected chi connectivity index (χ4v) is 5.90. The molecule has 34 heavy (non-hydrogen) atoms. The van der Waals surface area contributed by atoms with Gasteiger partial charge in [0.15, 0.2) is 0 Å². The lowest BCUT2D eigenvalue weighted by Gasteiger charge is -2.50. The molecule has 3 saturated heterocycles. The van der Waals surface area contributed by atoms with Crippen LogP contribution in [0.15, 0.2) is 24.3 Å². The number of fused-ring (bicyclic) bond motifs is 4. The van der Waals surface area contributed by atoms with Crippen molar-refractivity contribution in [3.8, 4) is 11.8 Å². The second-order valence-corrected chi connectivity index (χ2v) is 9.53. The first-order chi connectivity index (χ1) is 16.5. The van der Waals surface area contributed by atoms with Crippen molar-refractivity contribution in [3.05, 3.63) is 30.0 Å². The molecule has 3 amide bonds. The third kappa shape index (κ3) is 3.87. The number of aromatic nitrogens is 1. The molecule has 4 aliphatic rings. The van der Waals surface area contributed by atoms with Crippen molar-refractivity contribution < 1.29 is 19.1 Å². The minimum Gasteiger partial charge on any atom is -0.496 e. The van der Waals surface area contributed by atoms with Gasteiger partial charge in [0.25, 0.3) is 5.91 Å². The molecule has 1 aromatic carbocycles. The molecule has 178 valence electrons. The standard InChI is InChI=1S/C25H29N5O4/c1-34-21-4-2-3-19-18(21)12-20(29-19)25(33)30-17-7-5-14(6-8-17)22(30)24(32)28-16(13-26)11-15-9-10-27-23(15)31/h2-4,12,14-17,22,29H,5-11H2,1H3,(H,27,31)(H,28,32)/t14?,15-,16+,17?,22-/m1/s1. The van der Waals surface area contributed by atoms with E-state index < -0.39 is 12.1 Å². The van der Waals surface area contributed by atoms with Crippen LogP contribution in [0.4, 0.5) is 0 Å². The van der Waals surface area contributed by atoms with E-state index in [9.17, 15) is 19.6 Å². The Labute approximate surface area is 197 Å². The first kappa shape index (κ1) is 22.3. The van der Waals surface area contributed by atoms with Crippen molar-refractivity contribution in [2.24, 2.45) is 11.8 Å². The number of nitrogens with one attached hydrogen (secondary N) is 3. The van der Waals surface area contributed by atoms with E-state index in [-0.39, 0.29) is 42.0 Å². The highest BCUT2D eigenvalue weighted by Gasteiger charge is 2.48. The Hall–Kier alpha value is -3.54. The summed E-state index contributed by atoms with van der Waals surface area (Å²) in [4.78, 5) is 44.0. The van der Waals surface area contributed by atoms with Gasteiger partial charge in [0.1, 0.15) is 23.5 Å². The van der Waals surface area contributed by atoms with Gasteiger partial charge in [0.2, 0.25) is 11.8 Å². The Balaban J connectivity index is 1.38. The summed E-state index contributed by atoms with van der Waals surface area (Å²) in [6.07, 6.45) is 4.45. The maximum Gasteiger partial charge on any atom is 0.271 e. The van der Waals surface area contributed by atoms with E-state index in [0.29, 0.717) is 24.4 Å². The maximum absolute atomic E-state index is 13.7. The van der Waals surface area contributed by atoms with Crippen LogP contribution in [-0.2, 0) is 9.59 Å². The van der Waals surface area contributed by atoms with Crippen LogP contribution in [0.1, 0.15) is 49.0 Å². The molecular formula is C25H29N5O4. The highest BCUT2D eigenvalue weighted by atomic mass is 16.5. The maximum atomic E-state index is 13.7. The Morgan fingerprint density at radius 1 is 1.26 bits per heavy atom. The van der Waals surface area contributed by atoms with Gasteiger partial charge in [0, 0.05) is 29.4 Å². The van der Waals surface area contributed by atoms with E-state index in [4.69, 9.17) is 4.74 Å². The zero-order chi connectivity index (χ0) is 23.8.